The number of aliphatic hydroxyl groups is 1. The minimum Gasteiger partial charge on any atom is -0.392 e. The van der Waals surface area contributed by atoms with E-state index in [9.17, 15) is 5.11 Å². The molecule has 0 aromatic rings. The number of unbranched alkanes of at least 4 members (excludes halogenated alkanes) is 18. The summed E-state index contributed by atoms with van der Waals surface area (Å²) in [4.78, 5) is 0. The van der Waals surface area contributed by atoms with Gasteiger partial charge in [0.05, 0.1) is 6.10 Å². The van der Waals surface area contributed by atoms with Gasteiger partial charge >= 0.3 is 0 Å². The molecule has 0 spiro atoms. The first-order valence-corrected chi connectivity index (χ1v) is 13.2. The largest absolute Gasteiger partial charge is 0.392 e. The lowest BCUT2D eigenvalue weighted by atomic mass is 9.98. The van der Waals surface area contributed by atoms with Crippen LogP contribution in [0.3, 0.4) is 0 Å². The molecule has 0 aromatic heterocycles. The highest BCUT2D eigenvalue weighted by Crippen LogP contribution is 2.15. The molecule has 2 unspecified atom stereocenters. The van der Waals surface area contributed by atoms with E-state index in [-0.39, 0.29) is 12.1 Å². The normalized spacial score (nSPS) is 13.7. The van der Waals surface area contributed by atoms with Gasteiger partial charge in [-0.05, 0) is 12.8 Å². The molecule has 0 aliphatic carbocycles. The second-order valence-electron chi connectivity index (χ2n) is 9.17. The molecular weight excluding hydrogens is 342 g/mol. The third-order valence-electron chi connectivity index (χ3n) is 6.24. The van der Waals surface area contributed by atoms with Crippen molar-refractivity contribution >= 4 is 0 Å². The van der Waals surface area contributed by atoms with Gasteiger partial charge in [0.25, 0.3) is 0 Å². The number of hydrogen-bond acceptors (Lipinski definition) is 2. The number of rotatable bonds is 23. The van der Waals surface area contributed by atoms with E-state index in [2.05, 4.69) is 13.8 Å². The average molecular weight is 398 g/mol. The lowest BCUT2D eigenvalue weighted by Gasteiger charge is -2.18. The summed E-state index contributed by atoms with van der Waals surface area (Å²) in [6, 6.07) is -0.00634. The molecule has 0 aromatic carbocycles. The summed E-state index contributed by atoms with van der Waals surface area (Å²) < 4.78 is 0. The highest BCUT2D eigenvalue weighted by atomic mass is 16.3. The SMILES string of the molecule is CCCCCCCCCCCCCCCCC(O)C(N)CCCCCCCC. The van der Waals surface area contributed by atoms with E-state index in [1.807, 2.05) is 0 Å². The molecule has 170 valence electrons. The highest BCUT2D eigenvalue weighted by molar-refractivity contribution is 4.71. The average Bonchev–Trinajstić information content (AvgIpc) is 2.70. The molecule has 0 aliphatic heterocycles. The van der Waals surface area contributed by atoms with Crippen molar-refractivity contribution in [2.45, 2.75) is 167 Å². The molecule has 0 fully saturated rings. The van der Waals surface area contributed by atoms with Gasteiger partial charge in [-0.3, -0.25) is 0 Å². The third-order valence-corrected chi connectivity index (χ3v) is 6.24. The summed E-state index contributed by atoms with van der Waals surface area (Å²) in [7, 11) is 0. The Kier molecular flexibility index (Phi) is 23.1. The van der Waals surface area contributed by atoms with Gasteiger partial charge in [-0.1, -0.05) is 142 Å². The van der Waals surface area contributed by atoms with Crippen LogP contribution in [-0.2, 0) is 0 Å². The molecule has 0 rings (SSSR count). The monoisotopic (exact) mass is 397 g/mol. The molecule has 0 saturated carbocycles. The van der Waals surface area contributed by atoms with Crippen molar-refractivity contribution in [3.05, 3.63) is 0 Å². The molecule has 0 saturated heterocycles. The topological polar surface area (TPSA) is 46.2 Å². The van der Waals surface area contributed by atoms with Crippen LogP contribution in [0.25, 0.3) is 0 Å². The van der Waals surface area contributed by atoms with E-state index in [0.717, 1.165) is 19.3 Å². The van der Waals surface area contributed by atoms with Crippen molar-refractivity contribution in [3.8, 4) is 0 Å². The van der Waals surface area contributed by atoms with Gasteiger partial charge in [0.2, 0.25) is 0 Å². The maximum absolute atomic E-state index is 10.2. The zero-order valence-electron chi connectivity index (χ0n) is 19.7. The fraction of sp³-hybridized carbons (Fsp3) is 1.00. The Morgan fingerprint density at radius 3 is 1.11 bits per heavy atom. The van der Waals surface area contributed by atoms with Crippen LogP contribution in [0.1, 0.15) is 155 Å². The molecule has 0 aliphatic rings. The maximum Gasteiger partial charge on any atom is 0.0691 e. The zero-order chi connectivity index (χ0) is 20.7. The van der Waals surface area contributed by atoms with Crippen LogP contribution in [0.4, 0.5) is 0 Å². The smallest absolute Gasteiger partial charge is 0.0691 e. The second kappa shape index (κ2) is 23.2. The molecule has 3 N–H and O–H groups in total. The van der Waals surface area contributed by atoms with Crippen LogP contribution in [0, 0.1) is 0 Å². The van der Waals surface area contributed by atoms with E-state index < -0.39 is 0 Å². The van der Waals surface area contributed by atoms with Gasteiger partial charge in [-0.2, -0.15) is 0 Å². The van der Waals surface area contributed by atoms with Crippen molar-refractivity contribution in [1.82, 2.24) is 0 Å². The van der Waals surface area contributed by atoms with E-state index in [4.69, 9.17) is 5.73 Å². The van der Waals surface area contributed by atoms with Crippen molar-refractivity contribution in [1.29, 1.82) is 0 Å². The predicted octanol–water partition coefficient (Wildman–Crippen LogP) is 8.30. The molecular formula is C26H55NO. The second-order valence-corrected chi connectivity index (χ2v) is 9.17. The molecule has 2 atom stereocenters. The first kappa shape index (κ1) is 27.9. The summed E-state index contributed by atoms with van der Waals surface area (Å²) in [5.41, 5.74) is 6.16. The Balaban J connectivity index is 3.25. The lowest BCUT2D eigenvalue weighted by molar-refractivity contribution is 0.126. The molecule has 2 nitrogen and oxygen atoms in total. The Morgan fingerprint density at radius 1 is 0.464 bits per heavy atom. The molecule has 2 heteroatoms. The van der Waals surface area contributed by atoms with Gasteiger partial charge < -0.3 is 10.8 Å². The fourth-order valence-electron chi connectivity index (χ4n) is 4.11. The summed E-state index contributed by atoms with van der Waals surface area (Å²) in [5, 5.41) is 10.2. The molecule has 0 radical (unpaired) electrons. The van der Waals surface area contributed by atoms with Crippen LogP contribution in [0.15, 0.2) is 0 Å². The van der Waals surface area contributed by atoms with Crippen molar-refractivity contribution in [3.63, 3.8) is 0 Å². The zero-order valence-corrected chi connectivity index (χ0v) is 19.7. The Bertz CT molecular complexity index is 282. The van der Waals surface area contributed by atoms with Crippen LogP contribution in [-0.4, -0.2) is 17.3 Å². The quantitative estimate of drug-likeness (QED) is 0.170. The van der Waals surface area contributed by atoms with Crippen LogP contribution >= 0.6 is 0 Å². The third kappa shape index (κ3) is 20.6. The van der Waals surface area contributed by atoms with Gasteiger partial charge in [-0.15, -0.1) is 0 Å². The van der Waals surface area contributed by atoms with Gasteiger partial charge in [-0.25, -0.2) is 0 Å². The highest BCUT2D eigenvalue weighted by Gasteiger charge is 2.13. The van der Waals surface area contributed by atoms with E-state index in [1.54, 1.807) is 0 Å². The Morgan fingerprint density at radius 2 is 0.750 bits per heavy atom. The number of hydrogen-bond donors (Lipinski definition) is 2. The fourth-order valence-corrected chi connectivity index (χ4v) is 4.11. The van der Waals surface area contributed by atoms with Gasteiger partial charge in [0.15, 0.2) is 0 Å². The van der Waals surface area contributed by atoms with E-state index in [0.29, 0.717) is 0 Å². The summed E-state index contributed by atoms with van der Waals surface area (Å²) in [6.07, 6.45) is 28.7. The minimum absolute atomic E-state index is 0.00634. The summed E-state index contributed by atoms with van der Waals surface area (Å²) >= 11 is 0. The Hall–Kier alpha value is -0.0800. The first-order valence-electron chi connectivity index (χ1n) is 13.2. The van der Waals surface area contributed by atoms with E-state index >= 15 is 0 Å². The summed E-state index contributed by atoms with van der Waals surface area (Å²) in [5.74, 6) is 0. The maximum atomic E-state index is 10.2. The van der Waals surface area contributed by atoms with Gasteiger partial charge in [0.1, 0.15) is 0 Å². The van der Waals surface area contributed by atoms with Crippen LogP contribution in [0.5, 0.6) is 0 Å². The minimum atomic E-state index is -0.284. The summed E-state index contributed by atoms with van der Waals surface area (Å²) in [6.45, 7) is 4.54. The first-order chi connectivity index (χ1) is 13.7. The molecule has 0 amide bonds. The van der Waals surface area contributed by atoms with Crippen molar-refractivity contribution < 1.29 is 5.11 Å². The van der Waals surface area contributed by atoms with Crippen LogP contribution in [0.2, 0.25) is 0 Å². The molecule has 28 heavy (non-hydrogen) atoms. The number of aliphatic hydroxyl groups excluding tert-OH is 1. The number of nitrogens with two attached hydrogens (primary N) is 1. The predicted molar refractivity (Wildman–Crippen MR) is 127 cm³/mol. The Labute approximate surface area is 178 Å². The molecule has 0 heterocycles. The van der Waals surface area contributed by atoms with Crippen LogP contribution < -0.4 is 5.73 Å². The van der Waals surface area contributed by atoms with Crippen molar-refractivity contribution in [2.24, 2.45) is 5.73 Å². The van der Waals surface area contributed by atoms with Gasteiger partial charge in [0, 0.05) is 6.04 Å². The molecule has 0 bridgehead atoms. The van der Waals surface area contributed by atoms with Crippen molar-refractivity contribution in [2.75, 3.05) is 0 Å². The van der Waals surface area contributed by atoms with E-state index in [1.165, 1.54) is 122 Å². The lowest BCUT2D eigenvalue weighted by Crippen LogP contribution is -2.34. The standard InChI is InChI=1S/C26H55NO/c1-3-5-7-9-11-12-13-14-15-16-17-18-20-22-24-26(28)25(27)23-21-19-10-8-6-4-2/h25-26,28H,3-24,27H2,1-2H3.